The van der Waals surface area contributed by atoms with E-state index in [1.807, 2.05) is 54.6 Å². The topological polar surface area (TPSA) is 91.4 Å². The van der Waals surface area contributed by atoms with E-state index >= 15 is 0 Å². The van der Waals surface area contributed by atoms with Crippen LogP contribution < -0.4 is 0 Å². The number of nitrogens with zero attached hydrogens (tertiary/aromatic N) is 4. The molecule has 1 N–H and O–H groups in total. The third-order valence-electron chi connectivity index (χ3n) is 8.18. The van der Waals surface area contributed by atoms with Gasteiger partial charge in [-0.3, -0.25) is 4.98 Å². The highest BCUT2D eigenvalue weighted by Gasteiger charge is 2.28. The predicted octanol–water partition coefficient (Wildman–Crippen LogP) is 7.49. The van der Waals surface area contributed by atoms with Gasteiger partial charge in [-0.15, -0.1) is 0 Å². The summed E-state index contributed by atoms with van der Waals surface area (Å²) in [7, 11) is 2.10. The smallest absolute Gasteiger partial charge is 0.410 e. The largest absolute Gasteiger partial charge is 0.445 e. The lowest BCUT2D eigenvalue weighted by molar-refractivity contribution is -0.112. The van der Waals surface area contributed by atoms with Crippen LogP contribution in [0.2, 0.25) is 10.0 Å². The summed E-state index contributed by atoms with van der Waals surface area (Å²) in [6.07, 6.45) is 8.03. The summed E-state index contributed by atoms with van der Waals surface area (Å²) in [5.74, 6) is 1.45. The Hall–Kier alpha value is -3.72. The molecule has 2 aliphatic rings. The van der Waals surface area contributed by atoms with Crippen molar-refractivity contribution in [2.24, 2.45) is 5.92 Å². The maximum atomic E-state index is 12.6. The van der Waals surface area contributed by atoms with Crippen LogP contribution in [0.5, 0.6) is 0 Å². The lowest BCUT2D eigenvalue weighted by atomic mass is 9.96. The molecule has 0 atom stereocenters. The Morgan fingerprint density at radius 3 is 2.30 bits per heavy atom. The van der Waals surface area contributed by atoms with E-state index in [4.69, 9.17) is 32.9 Å². The normalized spacial score (nSPS) is 16.2. The van der Waals surface area contributed by atoms with Gasteiger partial charge in [-0.05, 0) is 75.6 Å². The second-order valence-corrected chi connectivity index (χ2v) is 12.1. The number of piperidine rings is 2. The number of carbonyl (C=O) groups excluding carboxylic acids is 2. The number of hydrogen-bond donors (Lipinski definition) is 1. The number of H-pyrrole nitrogens is 1. The average Bonchev–Trinajstić information content (AvgIpc) is 3.52. The van der Waals surface area contributed by atoms with Gasteiger partial charge >= 0.3 is 6.09 Å². The van der Waals surface area contributed by atoms with Crippen molar-refractivity contribution in [1.82, 2.24) is 24.8 Å². The van der Waals surface area contributed by atoms with E-state index in [0.29, 0.717) is 29.1 Å². The van der Waals surface area contributed by atoms with Crippen molar-refractivity contribution in [3.05, 3.63) is 94.5 Å². The molecule has 2 aliphatic heterocycles. The second-order valence-electron chi connectivity index (χ2n) is 11.3. The molecule has 44 heavy (non-hydrogen) atoms. The Morgan fingerprint density at radius 2 is 1.64 bits per heavy atom. The number of aldehydes is 1. The van der Waals surface area contributed by atoms with Crippen molar-refractivity contribution < 1.29 is 14.3 Å². The third kappa shape index (κ3) is 8.25. The molecule has 1 amide bonds. The van der Waals surface area contributed by atoms with E-state index in [-0.39, 0.29) is 18.6 Å². The number of aromatic nitrogens is 3. The molecule has 230 valence electrons. The quantitative estimate of drug-likeness (QED) is 0.221. The Bertz CT molecular complexity index is 1520. The number of halogens is 2. The SMILES string of the molecule is CN1CCC(C=O)CC1.O=C(OCc1ccccc1)N1CCC(c2nc(-c3ccc(Cl)c(Cl)c3)c(-c3ccncc3)[nH]2)CC1. The summed E-state index contributed by atoms with van der Waals surface area (Å²) in [5.41, 5.74) is 4.57. The summed E-state index contributed by atoms with van der Waals surface area (Å²) in [6, 6.07) is 19.1. The molecular weight excluding hydrogens is 597 g/mol. The minimum atomic E-state index is -0.277. The van der Waals surface area contributed by atoms with Crippen molar-refractivity contribution >= 4 is 35.6 Å². The van der Waals surface area contributed by atoms with Crippen molar-refractivity contribution in [3.63, 3.8) is 0 Å². The number of ether oxygens (including phenoxy) is 1. The maximum Gasteiger partial charge on any atom is 0.410 e. The van der Waals surface area contributed by atoms with Gasteiger partial charge in [-0.25, -0.2) is 9.78 Å². The van der Waals surface area contributed by atoms with Crippen LogP contribution in [0, 0.1) is 5.92 Å². The molecule has 0 bridgehead atoms. The standard InChI is InChI=1S/C27H24Cl2N4O2.C7H13NO/c28-22-7-6-21(16-23(22)29)25-24(19-8-12-30-13-9-19)31-26(32-25)20-10-14-33(15-11-20)27(34)35-17-18-4-2-1-3-5-18;1-8-4-2-7(6-9)3-5-8/h1-9,12-13,16,20H,10-11,14-15,17H2,(H,31,32);6-7H,2-5H2,1H3. The predicted molar refractivity (Wildman–Crippen MR) is 174 cm³/mol. The Labute approximate surface area is 268 Å². The summed E-state index contributed by atoms with van der Waals surface area (Å²) in [5, 5.41) is 0.986. The first kappa shape index (κ1) is 31.7. The number of likely N-dealkylation sites (tertiary alicyclic amines) is 2. The van der Waals surface area contributed by atoms with Gasteiger partial charge in [0.05, 0.1) is 21.4 Å². The van der Waals surface area contributed by atoms with E-state index in [1.54, 1.807) is 23.4 Å². The fraction of sp³-hybridized carbons (Fsp3) is 0.353. The lowest BCUT2D eigenvalue weighted by Gasteiger charge is -2.30. The highest BCUT2D eigenvalue weighted by Crippen LogP contribution is 2.36. The zero-order valence-corrected chi connectivity index (χ0v) is 26.3. The van der Waals surface area contributed by atoms with E-state index in [2.05, 4.69) is 21.9 Å². The van der Waals surface area contributed by atoms with Crippen LogP contribution in [0.1, 0.15) is 43.0 Å². The molecule has 2 saturated heterocycles. The number of aromatic amines is 1. The van der Waals surface area contributed by atoms with Gasteiger partial charge in [0.2, 0.25) is 0 Å². The van der Waals surface area contributed by atoms with E-state index in [1.165, 1.54) is 0 Å². The molecule has 0 radical (unpaired) electrons. The van der Waals surface area contributed by atoms with E-state index in [9.17, 15) is 9.59 Å². The Kier molecular flexibility index (Phi) is 11.0. The minimum absolute atomic E-state index is 0.199. The zero-order valence-electron chi connectivity index (χ0n) is 24.8. The van der Waals surface area contributed by atoms with Crippen LogP contribution >= 0.6 is 23.2 Å². The molecule has 10 heteroatoms. The zero-order chi connectivity index (χ0) is 30.9. The maximum absolute atomic E-state index is 12.6. The van der Waals surface area contributed by atoms with Gasteiger partial charge in [0, 0.05) is 48.4 Å². The molecule has 6 rings (SSSR count). The van der Waals surface area contributed by atoms with Crippen molar-refractivity contribution in [2.45, 2.75) is 38.2 Å². The monoisotopic (exact) mass is 633 g/mol. The van der Waals surface area contributed by atoms with E-state index < -0.39 is 0 Å². The first-order chi connectivity index (χ1) is 21.4. The van der Waals surface area contributed by atoms with Crippen molar-refractivity contribution in [1.29, 1.82) is 0 Å². The summed E-state index contributed by atoms with van der Waals surface area (Å²) >= 11 is 12.4. The van der Waals surface area contributed by atoms with E-state index in [0.717, 1.165) is 79.0 Å². The number of amides is 1. The molecule has 4 aromatic rings. The first-order valence-corrected chi connectivity index (χ1v) is 15.7. The third-order valence-corrected chi connectivity index (χ3v) is 8.92. The van der Waals surface area contributed by atoms with Crippen LogP contribution in [0.15, 0.2) is 73.1 Å². The number of hydrogen-bond acceptors (Lipinski definition) is 6. The number of carbonyl (C=O) groups is 2. The van der Waals surface area contributed by atoms with Gasteiger partial charge in [0.25, 0.3) is 0 Å². The molecule has 2 aromatic carbocycles. The summed E-state index contributed by atoms with van der Waals surface area (Å²) in [6.45, 7) is 3.68. The average molecular weight is 635 g/mol. The minimum Gasteiger partial charge on any atom is -0.445 e. The fourth-order valence-corrected chi connectivity index (χ4v) is 5.77. The molecular formula is C34H37Cl2N5O3. The van der Waals surface area contributed by atoms with Crippen LogP contribution in [0.4, 0.5) is 4.79 Å². The molecule has 2 fully saturated rings. The summed E-state index contributed by atoms with van der Waals surface area (Å²) in [4.78, 5) is 39.5. The molecule has 4 heterocycles. The van der Waals surface area contributed by atoms with Gasteiger partial charge in [0.15, 0.2) is 0 Å². The highest BCUT2D eigenvalue weighted by atomic mass is 35.5. The van der Waals surface area contributed by atoms with Gasteiger partial charge < -0.3 is 24.3 Å². The van der Waals surface area contributed by atoms with Crippen molar-refractivity contribution in [3.8, 4) is 22.5 Å². The molecule has 0 unspecified atom stereocenters. The lowest BCUT2D eigenvalue weighted by Crippen LogP contribution is -2.38. The van der Waals surface area contributed by atoms with Crippen LogP contribution in [-0.2, 0) is 16.1 Å². The molecule has 0 saturated carbocycles. The molecule has 0 aliphatic carbocycles. The second kappa shape index (κ2) is 15.3. The Morgan fingerprint density at radius 1 is 0.932 bits per heavy atom. The van der Waals surface area contributed by atoms with Crippen LogP contribution in [0.3, 0.4) is 0 Å². The van der Waals surface area contributed by atoms with Gasteiger partial charge in [-0.2, -0.15) is 0 Å². The molecule has 8 nitrogen and oxygen atoms in total. The number of rotatable bonds is 6. The number of benzene rings is 2. The van der Waals surface area contributed by atoms with Crippen molar-refractivity contribution in [2.75, 3.05) is 33.2 Å². The first-order valence-electron chi connectivity index (χ1n) is 15.0. The Balaban J connectivity index is 0.000000367. The van der Waals surface area contributed by atoms with Gasteiger partial charge in [0.1, 0.15) is 18.7 Å². The van der Waals surface area contributed by atoms with Crippen LogP contribution in [-0.4, -0.2) is 70.4 Å². The van der Waals surface area contributed by atoms with Gasteiger partial charge in [-0.1, -0.05) is 59.6 Å². The summed E-state index contributed by atoms with van der Waals surface area (Å²) < 4.78 is 5.50. The number of imidazole rings is 1. The van der Waals surface area contributed by atoms with Crippen LogP contribution in [0.25, 0.3) is 22.5 Å². The fourth-order valence-electron chi connectivity index (χ4n) is 5.48. The number of nitrogens with one attached hydrogen (secondary N) is 1. The molecule has 0 spiro atoms. The highest BCUT2D eigenvalue weighted by molar-refractivity contribution is 6.42. The number of pyridine rings is 1. The molecule has 2 aromatic heterocycles.